The molecule has 0 unspecified atom stereocenters. The van der Waals surface area contributed by atoms with E-state index in [0.717, 1.165) is 9.64 Å². The molecule has 1 heterocycles. The molecule has 0 amide bonds. The van der Waals surface area contributed by atoms with E-state index in [1.54, 1.807) is 17.1 Å². The van der Waals surface area contributed by atoms with Crippen LogP contribution in [0.1, 0.15) is 15.9 Å². The summed E-state index contributed by atoms with van der Waals surface area (Å²) in [7, 11) is 0. The summed E-state index contributed by atoms with van der Waals surface area (Å²) in [5.41, 5.74) is 0.357. The van der Waals surface area contributed by atoms with E-state index in [4.69, 9.17) is 5.11 Å². The Hall–Kier alpha value is -1.44. The summed E-state index contributed by atoms with van der Waals surface area (Å²) in [5, 5.41) is 12.7. The number of aromatic nitrogens is 2. The van der Waals surface area contributed by atoms with Crippen molar-refractivity contribution in [3.8, 4) is 0 Å². The number of benzene rings is 1. The summed E-state index contributed by atoms with van der Waals surface area (Å²) in [6, 6.07) is 3.87. The highest BCUT2D eigenvalue weighted by Crippen LogP contribution is 2.12. The molecule has 0 aliphatic rings. The summed E-state index contributed by atoms with van der Waals surface area (Å²) >= 11 is 2.11. The van der Waals surface area contributed by atoms with Crippen molar-refractivity contribution in [3.05, 3.63) is 51.1 Å². The first kappa shape index (κ1) is 12.0. The van der Waals surface area contributed by atoms with E-state index in [1.165, 1.54) is 12.1 Å². The van der Waals surface area contributed by atoms with Crippen LogP contribution in [-0.2, 0) is 6.54 Å². The lowest BCUT2D eigenvalue weighted by molar-refractivity contribution is 0.0696. The normalized spacial score (nSPS) is 10.5. The molecule has 0 saturated carbocycles. The van der Waals surface area contributed by atoms with Crippen LogP contribution in [0.25, 0.3) is 0 Å². The lowest BCUT2D eigenvalue weighted by Crippen LogP contribution is -2.04. The first-order valence-electron chi connectivity index (χ1n) is 4.76. The third-order valence-electron chi connectivity index (χ3n) is 2.23. The predicted molar refractivity (Wildman–Crippen MR) is 67.4 cm³/mol. The quantitative estimate of drug-likeness (QED) is 0.869. The molecule has 6 heteroatoms. The highest BCUT2D eigenvalue weighted by atomic mass is 127. The van der Waals surface area contributed by atoms with Crippen molar-refractivity contribution in [1.29, 1.82) is 0 Å². The number of carbonyl (C=O) groups is 1. The van der Waals surface area contributed by atoms with Gasteiger partial charge in [0.05, 0.1) is 21.9 Å². The van der Waals surface area contributed by atoms with E-state index >= 15 is 0 Å². The van der Waals surface area contributed by atoms with Gasteiger partial charge in [-0.2, -0.15) is 5.10 Å². The SMILES string of the molecule is O=C(O)c1ccc(Cn2cc(I)cn2)c(F)c1. The fourth-order valence-electron chi connectivity index (χ4n) is 1.41. The standard InChI is InChI=1S/C11H8FIN2O2/c12-10-3-7(11(16)17)1-2-8(10)5-15-6-9(13)4-14-15/h1-4,6H,5H2,(H,16,17). The van der Waals surface area contributed by atoms with Gasteiger partial charge in [0.15, 0.2) is 0 Å². The minimum Gasteiger partial charge on any atom is -0.478 e. The Labute approximate surface area is 110 Å². The van der Waals surface area contributed by atoms with Gasteiger partial charge >= 0.3 is 5.97 Å². The molecular formula is C11H8FIN2O2. The van der Waals surface area contributed by atoms with E-state index < -0.39 is 11.8 Å². The Morgan fingerprint density at radius 2 is 2.29 bits per heavy atom. The van der Waals surface area contributed by atoms with Gasteiger partial charge in [-0.05, 0) is 34.7 Å². The van der Waals surface area contributed by atoms with Crippen molar-refractivity contribution >= 4 is 28.6 Å². The molecule has 4 nitrogen and oxygen atoms in total. The van der Waals surface area contributed by atoms with E-state index in [-0.39, 0.29) is 12.1 Å². The molecule has 0 fully saturated rings. The van der Waals surface area contributed by atoms with Gasteiger partial charge in [-0.15, -0.1) is 0 Å². The third kappa shape index (κ3) is 2.82. The van der Waals surface area contributed by atoms with Gasteiger partial charge in [0, 0.05) is 11.8 Å². The molecule has 17 heavy (non-hydrogen) atoms. The van der Waals surface area contributed by atoms with E-state index in [2.05, 4.69) is 27.7 Å². The number of halogens is 2. The molecule has 0 spiro atoms. The molecule has 1 aromatic heterocycles. The molecule has 0 saturated heterocycles. The zero-order valence-electron chi connectivity index (χ0n) is 8.60. The summed E-state index contributed by atoms with van der Waals surface area (Å²) in [6.45, 7) is 0.286. The van der Waals surface area contributed by atoms with Crippen molar-refractivity contribution in [2.75, 3.05) is 0 Å². The maximum atomic E-state index is 13.6. The van der Waals surface area contributed by atoms with E-state index in [0.29, 0.717) is 5.56 Å². The van der Waals surface area contributed by atoms with Crippen LogP contribution in [0.3, 0.4) is 0 Å². The first-order valence-corrected chi connectivity index (χ1v) is 5.84. The van der Waals surface area contributed by atoms with Gasteiger partial charge in [0.2, 0.25) is 0 Å². The van der Waals surface area contributed by atoms with Crippen LogP contribution in [-0.4, -0.2) is 20.9 Å². The fourth-order valence-corrected chi connectivity index (χ4v) is 1.85. The van der Waals surface area contributed by atoms with Crippen molar-refractivity contribution in [3.63, 3.8) is 0 Å². The van der Waals surface area contributed by atoms with Crippen molar-refractivity contribution < 1.29 is 14.3 Å². The molecule has 2 aromatic rings. The van der Waals surface area contributed by atoms with Crippen LogP contribution in [0, 0.1) is 9.39 Å². The van der Waals surface area contributed by atoms with Crippen LogP contribution in [0.4, 0.5) is 4.39 Å². The first-order chi connectivity index (χ1) is 8.06. The van der Waals surface area contributed by atoms with Gasteiger partial charge in [-0.1, -0.05) is 6.07 Å². The number of carboxylic acids is 1. The number of hydrogen-bond acceptors (Lipinski definition) is 2. The second kappa shape index (κ2) is 4.82. The maximum absolute atomic E-state index is 13.6. The predicted octanol–water partition coefficient (Wildman–Crippen LogP) is 2.37. The summed E-state index contributed by atoms with van der Waals surface area (Å²) in [6.07, 6.45) is 3.45. The van der Waals surface area contributed by atoms with E-state index in [9.17, 15) is 9.18 Å². The number of aromatic carboxylic acids is 1. The molecule has 1 N–H and O–H groups in total. The zero-order valence-corrected chi connectivity index (χ0v) is 10.8. The molecular weight excluding hydrogens is 338 g/mol. The largest absolute Gasteiger partial charge is 0.478 e. The number of carboxylic acid groups (broad SMARTS) is 1. The van der Waals surface area contributed by atoms with Crippen LogP contribution in [0.2, 0.25) is 0 Å². The summed E-state index contributed by atoms with van der Waals surface area (Å²) < 4.78 is 16.2. The average Bonchev–Trinajstić information content (AvgIpc) is 2.67. The minimum atomic E-state index is -1.14. The van der Waals surface area contributed by atoms with E-state index in [1.807, 2.05) is 0 Å². The van der Waals surface area contributed by atoms with Gasteiger partial charge in [-0.3, -0.25) is 4.68 Å². The molecule has 0 atom stereocenters. The Morgan fingerprint density at radius 3 is 2.82 bits per heavy atom. The molecule has 1 aromatic carbocycles. The Balaban J connectivity index is 2.25. The van der Waals surface area contributed by atoms with Gasteiger partial charge in [-0.25, -0.2) is 9.18 Å². The molecule has 0 aliphatic heterocycles. The van der Waals surface area contributed by atoms with Gasteiger partial charge in [0.1, 0.15) is 5.82 Å². The second-order valence-electron chi connectivity index (χ2n) is 3.47. The maximum Gasteiger partial charge on any atom is 0.335 e. The second-order valence-corrected chi connectivity index (χ2v) is 4.71. The molecule has 0 aliphatic carbocycles. The monoisotopic (exact) mass is 346 g/mol. The zero-order chi connectivity index (χ0) is 12.4. The fraction of sp³-hybridized carbons (Fsp3) is 0.0909. The van der Waals surface area contributed by atoms with Crippen LogP contribution < -0.4 is 0 Å². The molecule has 0 bridgehead atoms. The lowest BCUT2D eigenvalue weighted by Gasteiger charge is -2.04. The molecule has 88 valence electrons. The van der Waals surface area contributed by atoms with Crippen LogP contribution in [0.5, 0.6) is 0 Å². The third-order valence-corrected chi connectivity index (χ3v) is 2.79. The van der Waals surface area contributed by atoms with Gasteiger partial charge < -0.3 is 5.11 Å². The average molecular weight is 346 g/mol. The Bertz CT molecular complexity index is 568. The summed E-state index contributed by atoms with van der Waals surface area (Å²) in [5.74, 6) is -1.67. The van der Waals surface area contributed by atoms with Gasteiger partial charge in [0.25, 0.3) is 0 Å². The highest BCUT2D eigenvalue weighted by Gasteiger charge is 2.09. The van der Waals surface area contributed by atoms with Crippen LogP contribution in [0.15, 0.2) is 30.6 Å². The lowest BCUT2D eigenvalue weighted by atomic mass is 10.1. The van der Waals surface area contributed by atoms with Crippen molar-refractivity contribution in [2.45, 2.75) is 6.54 Å². The smallest absolute Gasteiger partial charge is 0.335 e. The van der Waals surface area contributed by atoms with Crippen molar-refractivity contribution in [2.24, 2.45) is 0 Å². The number of nitrogens with zero attached hydrogens (tertiary/aromatic N) is 2. The number of hydrogen-bond donors (Lipinski definition) is 1. The number of rotatable bonds is 3. The molecule has 0 radical (unpaired) electrons. The van der Waals surface area contributed by atoms with Crippen LogP contribution >= 0.6 is 22.6 Å². The highest BCUT2D eigenvalue weighted by molar-refractivity contribution is 14.1. The van der Waals surface area contributed by atoms with Crippen molar-refractivity contribution in [1.82, 2.24) is 9.78 Å². The Kier molecular flexibility index (Phi) is 3.41. The minimum absolute atomic E-state index is 0.0544. The molecule has 2 rings (SSSR count). The Morgan fingerprint density at radius 1 is 1.53 bits per heavy atom. The topological polar surface area (TPSA) is 55.1 Å². The summed E-state index contributed by atoms with van der Waals surface area (Å²) in [4.78, 5) is 10.6.